The summed E-state index contributed by atoms with van der Waals surface area (Å²) in [6, 6.07) is 7.32. The molecule has 0 radical (unpaired) electrons. The maximum absolute atomic E-state index is 14.4. The smallest absolute Gasteiger partial charge is 0.294 e. The maximum atomic E-state index is 14.4. The molecule has 0 saturated carbocycles. The van der Waals surface area contributed by atoms with Crippen LogP contribution in [0.25, 0.3) is 5.52 Å². The Morgan fingerprint density at radius 1 is 1.31 bits per heavy atom. The third-order valence-corrected chi connectivity index (χ3v) is 3.68. The minimum absolute atomic E-state index is 0.0242. The van der Waals surface area contributed by atoms with E-state index in [1.807, 2.05) is 13.0 Å². The van der Waals surface area contributed by atoms with Crippen molar-refractivity contribution in [3.05, 3.63) is 66.2 Å². The van der Waals surface area contributed by atoms with E-state index >= 15 is 0 Å². The van der Waals surface area contributed by atoms with E-state index < -0.39 is 11.7 Å². The number of rotatable bonds is 4. The predicted octanol–water partition coefficient (Wildman–Crippen LogP) is 3.21. The zero-order valence-electron chi connectivity index (χ0n) is 13.5. The lowest BCUT2D eigenvalue weighted by Crippen LogP contribution is -2.11. The molecule has 0 atom stereocenters. The summed E-state index contributed by atoms with van der Waals surface area (Å²) in [5, 5.41) is 10.0. The number of carbonyl (C=O) groups is 1. The van der Waals surface area contributed by atoms with E-state index in [0.29, 0.717) is 5.52 Å². The van der Waals surface area contributed by atoms with Gasteiger partial charge in [-0.15, -0.1) is 0 Å². The molecule has 130 valence electrons. The average Bonchev–Trinajstić information content (AvgIpc) is 3.28. The lowest BCUT2D eigenvalue weighted by molar-refractivity contribution is 0.0988. The molecule has 9 heteroatoms. The molecule has 0 unspecified atom stereocenters. The number of benzene rings is 1. The molecule has 1 N–H and O–H groups in total. The van der Waals surface area contributed by atoms with Gasteiger partial charge in [0.05, 0.1) is 6.20 Å². The largest absolute Gasteiger partial charge is 0.434 e. The average molecular weight is 353 g/mol. The lowest BCUT2D eigenvalue weighted by atomic mass is 10.2. The van der Waals surface area contributed by atoms with Crippen LogP contribution in [-0.4, -0.2) is 25.7 Å². The molecular weight excluding hydrogens is 341 g/mol. The molecule has 4 aromatic rings. The van der Waals surface area contributed by atoms with Crippen LogP contribution in [0.1, 0.15) is 16.1 Å². The molecule has 1 aromatic carbocycles. The van der Waals surface area contributed by atoms with Crippen molar-refractivity contribution < 1.29 is 18.4 Å². The first-order valence-electron chi connectivity index (χ1n) is 7.60. The zero-order chi connectivity index (χ0) is 18.1. The number of hydrogen-bond acceptors (Lipinski definition) is 6. The number of amides is 1. The van der Waals surface area contributed by atoms with E-state index in [1.165, 1.54) is 30.7 Å². The summed E-state index contributed by atoms with van der Waals surface area (Å²) in [6.07, 6.45) is 4.43. The molecule has 4 rings (SSSR count). The quantitative estimate of drug-likeness (QED) is 0.605. The molecule has 0 saturated heterocycles. The van der Waals surface area contributed by atoms with E-state index in [1.54, 1.807) is 10.7 Å². The van der Waals surface area contributed by atoms with Crippen molar-refractivity contribution in [3.63, 3.8) is 0 Å². The van der Waals surface area contributed by atoms with Gasteiger partial charge < -0.3 is 14.6 Å². The van der Waals surface area contributed by atoms with Gasteiger partial charge in [0, 0.05) is 24.0 Å². The normalized spacial score (nSPS) is 10.8. The molecule has 0 aliphatic rings. The number of aromatic nitrogens is 4. The topological polar surface area (TPSA) is 94.6 Å². The summed E-state index contributed by atoms with van der Waals surface area (Å²) in [4.78, 5) is 16.0. The number of ether oxygens (including phenoxy) is 1. The van der Waals surface area contributed by atoms with E-state index in [9.17, 15) is 9.18 Å². The Balaban J connectivity index is 1.58. The number of nitrogens with one attached hydrogen (secondary N) is 1. The van der Waals surface area contributed by atoms with Crippen molar-refractivity contribution in [3.8, 4) is 11.6 Å². The number of nitrogens with zero attached hydrogens (tertiary/aromatic N) is 4. The van der Waals surface area contributed by atoms with Gasteiger partial charge >= 0.3 is 0 Å². The van der Waals surface area contributed by atoms with Crippen molar-refractivity contribution in [1.29, 1.82) is 0 Å². The molecule has 0 spiro atoms. The van der Waals surface area contributed by atoms with E-state index in [2.05, 4.69) is 20.6 Å². The third kappa shape index (κ3) is 2.86. The number of hydrogen-bond donors (Lipinski definition) is 1. The highest BCUT2D eigenvalue weighted by Gasteiger charge is 2.14. The highest BCUT2D eigenvalue weighted by Crippen LogP contribution is 2.29. The van der Waals surface area contributed by atoms with Crippen LogP contribution in [0, 0.1) is 12.7 Å². The Bertz CT molecular complexity index is 1090. The number of aryl methyl sites for hydroxylation is 1. The van der Waals surface area contributed by atoms with Gasteiger partial charge in [0.1, 0.15) is 11.8 Å². The Kier molecular flexibility index (Phi) is 3.81. The minimum atomic E-state index is -0.652. The second kappa shape index (κ2) is 6.28. The van der Waals surface area contributed by atoms with Gasteiger partial charge in [0.2, 0.25) is 11.6 Å². The standard InChI is InChI=1S/C17H12FN5O3/c1-10-5-7-23-15(10)17(19-9-20-23)25-13-3-2-11(8-12(13)18)22-16(24)14-4-6-21-26-14/h2-9H,1H3,(H,22,24). The maximum Gasteiger partial charge on any atom is 0.294 e. The van der Waals surface area contributed by atoms with E-state index in [4.69, 9.17) is 9.26 Å². The third-order valence-electron chi connectivity index (χ3n) is 3.68. The fourth-order valence-electron chi connectivity index (χ4n) is 2.44. The molecular formula is C17H12FN5O3. The molecule has 26 heavy (non-hydrogen) atoms. The number of carbonyl (C=O) groups excluding carboxylic acids is 1. The van der Waals surface area contributed by atoms with Crippen molar-refractivity contribution >= 4 is 17.1 Å². The Hall–Kier alpha value is -3.75. The van der Waals surface area contributed by atoms with Crippen LogP contribution in [0.3, 0.4) is 0 Å². The van der Waals surface area contributed by atoms with Crippen LogP contribution in [0.4, 0.5) is 10.1 Å². The Morgan fingerprint density at radius 3 is 2.96 bits per heavy atom. The van der Waals surface area contributed by atoms with Crippen LogP contribution in [0.15, 0.2) is 53.6 Å². The van der Waals surface area contributed by atoms with Crippen molar-refractivity contribution in [2.75, 3.05) is 5.32 Å². The van der Waals surface area contributed by atoms with E-state index in [0.717, 1.165) is 11.6 Å². The van der Waals surface area contributed by atoms with Crippen molar-refractivity contribution in [1.82, 2.24) is 19.8 Å². The summed E-state index contributed by atoms with van der Waals surface area (Å²) in [5.41, 5.74) is 1.80. The van der Waals surface area contributed by atoms with Crippen LogP contribution < -0.4 is 10.1 Å². The van der Waals surface area contributed by atoms with Gasteiger partial charge in [0.15, 0.2) is 11.6 Å². The van der Waals surface area contributed by atoms with Crippen molar-refractivity contribution in [2.24, 2.45) is 0 Å². The molecule has 0 fully saturated rings. The summed E-state index contributed by atoms with van der Waals surface area (Å²) in [5.74, 6) is -0.945. The highest BCUT2D eigenvalue weighted by atomic mass is 19.1. The molecule has 0 bridgehead atoms. The minimum Gasteiger partial charge on any atom is -0.434 e. The van der Waals surface area contributed by atoms with Gasteiger partial charge in [-0.3, -0.25) is 4.79 Å². The van der Waals surface area contributed by atoms with Crippen LogP contribution in [0.2, 0.25) is 0 Å². The molecule has 0 aliphatic heterocycles. The number of fused-ring (bicyclic) bond motifs is 1. The number of anilines is 1. The SMILES string of the molecule is Cc1ccn2ncnc(Oc3ccc(NC(=O)c4ccno4)cc3F)c12. The van der Waals surface area contributed by atoms with Crippen LogP contribution in [-0.2, 0) is 0 Å². The van der Waals surface area contributed by atoms with Crippen LogP contribution >= 0.6 is 0 Å². The van der Waals surface area contributed by atoms with Gasteiger partial charge in [-0.1, -0.05) is 5.16 Å². The van der Waals surface area contributed by atoms with E-state index in [-0.39, 0.29) is 23.1 Å². The fourth-order valence-corrected chi connectivity index (χ4v) is 2.44. The van der Waals surface area contributed by atoms with Gasteiger partial charge in [-0.05, 0) is 30.7 Å². The monoisotopic (exact) mass is 353 g/mol. The molecule has 1 amide bonds. The second-order valence-electron chi connectivity index (χ2n) is 5.44. The lowest BCUT2D eigenvalue weighted by Gasteiger charge is -2.09. The summed E-state index contributed by atoms with van der Waals surface area (Å²) in [7, 11) is 0. The summed E-state index contributed by atoms with van der Waals surface area (Å²) < 4.78 is 26.3. The second-order valence-corrected chi connectivity index (χ2v) is 5.44. The highest BCUT2D eigenvalue weighted by molar-refractivity contribution is 6.02. The predicted molar refractivity (Wildman–Crippen MR) is 88.7 cm³/mol. The first-order chi connectivity index (χ1) is 12.6. The van der Waals surface area contributed by atoms with Gasteiger partial charge in [0.25, 0.3) is 5.91 Å². The first kappa shape index (κ1) is 15.8. The summed E-state index contributed by atoms with van der Waals surface area (Å²) >= 11 is 0. The van der Waals surface area contributed by atoms with Gasteiger partial charge in [-0.2, -0.15) is 10.1 Å². The fraction of sp³-hybridized carbons (Fsp3) is 0.0588. The van der Waals surface area contributed by atoms with Crippen molar-refractivity contribution in [2.45, 2.75) is 6.92 Å². The van der Waals surface area contributed by atoms with Gasteiger partial charge in [-0.25, -0.2) is 8.91 Å². The summed E-state index contributed by atoms with van der Waals surface area (Å²) in [6.45, 7) is 1.88. The molecule has 3 heterocycles. The number of halogens is 1. The zero-order valence-corrected chi connectivity index (χ0v) is 13.5. The molecule has 3 aromatic heterocycles. The Labute approximate surface area is 146 Å². The molecule has 8 nitrogen and oxygen atoms in total. The molecule has 0 aliphatic carbocycles. The Morgan fingerprint density at radius 2 is 2.19 bits per heavy atom. The van der Waals surface area contributed by atoms with Crippen LogP contribution in [0.5, 0.6) is 11.6 Å². The first-order valence-corrected chi connectivity index (χ1v) is 7.60.